The van der Waals surface area contributed by atoms with Crippen LogP contribution in [0.2, 0.25) is 0 Å². The molecule has 0 unspecified atom stereocenters. The van der Waals surface area contributed by atoms with Gasteiger partial charge in [0.2, 0.25) is 0 Å². The van der Waals surface area contributed by atoms with Gasteiger partial charge in [-0.25, -0.2) is 9.78 Å². The Morgan fingerprint density at radius 1 is 1.36 bits per heavy atom. The monoisotopic (exact) mass is 304 g/mol. The summed E-state index contributed by atoms with van der Waals surface area (Å²) in [6.07, 6.45) is 1.20. The average Bonchev–Trinajstić information content (AvgIpc) is 2.53. The molecule has 0 atom stereocenters. The molecular formula is C13H12N4O5. The van der Waals surface area contributed by atoms with Crippen molar-refractivity contribution in [3.8, 4) is 17.4 Å². The van der Waals surface area contributed by atoms with Crippen LogP contribution in [0.15, 0.2) is 30.6 Å². The Labute approximate surface area is 125 Å². The quantitative estimate of drug-likeness (QED) is 0.446. The summed E-state index contributed by atoms with van der Waals surface area (Å²) in [6.45, 7) is 1.60. The summed E-state index contributed by atoms with van der Waals surface area (Å²) in [5.74, 6) is -0.336. The highest BCUT2D eigenvalue weighted by atomic mass is 16.6. The van der Waals surface area contributed by atoms with Crippen molar-refractivity contribution >= 4 is 11.7 Å². The van der Waals surface area contributed by atoms with Crippen molar-refractivity contribution in [2.75, 3.05) is 13.2 Å². The Bertz CT molecular complexity index is 692. The lowest BCUT2D eigenvalue weighted by atomic mass is 10.2. The van der Waals surface area contributed by atoms with Gasteiger partial charge in [0.25, 0.3) is 5.69 Å². The van der Waals surface area contributed by atoms with Crippen LogP contribution < -0.4 is 4.74 Å². The van der Waals surface area contributed by atoms with Gasteiger partial charge in [-0.05, 0) is 6.92 Å². The number of nitro groups is 1. The van der Waals surface area contributed by atoms with Gasteiger partial charge in [0, 0.05) is 17.7 Å². The largest absolute Gasteiger partial charge is 0.463 e. The molecule has 1 heterocycles. The standard InChI is InChI=1S/C13H12N4O5/c1-2-21-11(18)7-22-13-15-8-14-12(16-13)9-4-3-5-10(6-9)17(19)20/h3-6,8H,2,7H2,1H3. The molecule has 0 spiro atoms. The highest BCUT2D eigenvalue weighted by Gasteiger charge is 2.11. The molecule has 0 bridgehead atoms. The zero-order valence-electron chi connectivity index (χ0n) is 11.6. The third-order valence-corrected chi connectivity index (χ3v) is 2.49. The maximum Gasteiger partial charge on any atom is 0.344 e. The van der Waals surface area contributed by atoms with Gasteiger partial charge in [-0.3, -0.25) is 10.1 Å². The van der Waals surface area contributed by atoms with Crippen LogP contribution >= 0.6 is 0 Å². The topological polar surface area (TPSA) is 117 Å². The summed E-state index contributed by atoms with van der Waals surface area (Å²) >= 11 is 0. The zero-order valence-corrected chi connectivity index (χ0v) is 11.6. The number of esters is 1. The van der Waals surface area contributed by atoms with Gasteiger partial charge in [-0.15, -0.1) is 0 Å². The van der Waals surface area contributed by atoms with Crippen molar-refractivity contribution in [2.24, 2.45) is 0 Å². The summed E-state index contributed by atoms with van der Waals surface area (Å²) in [6, 6.07) is 5.78. The van der Waals surface area contributed by atoms with Crippen molar-refractivity contribution in [2.45, 2.75) is 6.92 Å². The molecule has 0 saturated carbocycles. The predicted octanol–water partition coefficient (Wildman–Crippen LogP) is 1.39. The smallest absolute Gasteiger partial charge is 0.344 e. The summed E-state index contributed by atoms with van der Waals surface area (Å²) in [7, 11) is 0. The van der Waals surface area contributed by atoms with E-state index in [1.165, 1.54) is 24.5 Å². The number of rotatable bonds is 6. The first-order chi connectivity index (χ1) is 10.6. The fourth-order valence-corrected chi connectivity index (χ4v) is 1.57. The van der Waals surface area contributed by atoms with E-state index in [0.717, 1.165) is 0 Å². The lowest BCUT2D eigenvalue weighted by Crippen LogP contribution is -2.15. The second kappa shape index (κ2) is 7.07. The predicted molar refractivity (Wildman–Crippen MR) is 74.0 cm³/mol. The van der Waals surface area contributed by atoms with Gasteiger partial charge >= 0.3 is 12.0 Å². The fourth-order valence-electron chi connectivity index (χ4n) is 1.57. The van der Waals surface area contributed by atoms with Gasteiger partial charge in [0.1, 0.15) is 6.33 Å². The minimum atomic E-state index is -0.542. The maximum absolute atomic E-state index is 11.2. The van der Waals surface area contributed by atoms with Crippen LogP contribution in [0.4, 0.5) is 5.69 Å². The van der Waals surface area contributed by atoms with E-state index in [-0.39, 0.29) is 30.7 Å². The SMILES string of the molecule is CCOC(=O)COc1ncnc(-c2cccc([N+](=O)[O-])c2)n1. The fraction of sp³-hybridized carbons (Fsp3) is 0.231. The number of non-ortho nitro benzene ring substituents is 1. The molecule has 9 heteroatoms. The zero-order chi connectivity index (χ0) is 15.9. The van der Waals surface area contributed by atoms with Crippen LogP contribution in [0.5, 0.6) is 6.01 Å². The van der Waals surface area contributed by atoms with E-state index in [1.807, 2.05) is 0 Å². The Balaban J connectivity index is 2.16. The number of hydrogen-bond acceptors (Lipinski definition) is 8. The van der Waals surface area contributed by atoms with E-state index < -0.39 is 10.9 Å². The molecule has 0 aliphatic rings. The van der Waals surface area contributed by atoms with E-state index >= 15 is 0 Å². The Kier molecular flexibility index (Phi) is 4.91. The number of aromatic nitrogens is 3. The normalized spacial score (nSPS) is 10.0. The van der Waals surface area contributed by atoms with Crippen LogP contribution in [0.1, 0.15) is 6.92 Å². The van der Waals surface area contributed by atoms with Crippen molar-refractivity contribution in [1.82, 2.24) is 15.0 Å². The Morgan fingerprint density at radius 3 is 2.91 bits per heavy atom. The number of nitro benzene ring substituents is 1. The van der Waals surface area contributed by atoms with E-state index in [4.69, 9.17) is 9.47 Å². The third kappa shape index (κ3) is 3.95. The molecule has 0 amide bonds. The number of benzene rings is 1. The highest BCUT2D eigenvalue weighted by molar-refractivity contribution is 5.70. The van der Waals surface area contributed by atoms with Crippen LogP contribution in [0.25, 0.3) is 11.4 Å². The number of carbonyl (C=O) groups excluding carboxylic acids is 1. The molecule has 0 aliphatic carbocycles. The van der Waals surface area contributed by atoms with Gasteiger partial charge in [0.15, 0.2) is 12.4 Å². The van der Waals surface area contributed by atoms with Crippen molar-refractivity contribution < 1.29 is 19.2 Å². The molecule has 1 aromatic carbocycles. The van der Waals surface area contributed by atoms with Crippen LogP contribution in [-0.4, -0.2) is 39.1 Å². The molecule has 114 valence electrons. The van der Waals surface area contributed by atoms with E-state index in [9.17, 15) is 14.9 Å². The third-order valence-electron chi connectivity index (χ3n) is 2.49. The molecule has 0 aliphatic heterocycles. The molecule has 0 N–H and O–H groups in total. The van der Waals surface area contributed by atoms with Gasteiger partial charge in [-0.2, -0.15) is 9.97 Å². The van der Waals surface area contributed by atoms with Gasteiger partial charge < -0.3 is 9.47 Å². The molecule has 0 saturated heterocycles. The van der Waals surface area contributed by atoms with E-state index in [0.29, 0.717) is 5.56 Å². The number of carbonyl (C=O) groups is 1. The minimum absolute atomic E-state index is 0.0652. The lowest BCUT2D eigenvalue weighted by molar-refractivity contribution is -0.384. The summed E-state index contributed by atoms with van der Waals surface area (Å²) in [5.41, 5.74) is 0.365. The van der Waals surface area contributed by atoms with Crippen LogP contribution in [0, 0.1) is 10.1 Å². The lowest BCUT2D eigenvalue weighted by Gasteiger charge is -2.05. The molecule has 0 radical (unpaired) electrons. The second-order valence-corrected chi connectivity index (χ2v) is 3.99. The molecule has 0 fully saturated rings. The first kappa shape index (κ1) is 15.3. The first-order valence-corrected chi connectivity index (χ1v) is 6.32. The average molecular weight is 304 g/mol. The Morgan fingerprint density at radius 2 is 2.18 bits per heavy atom. The van der Waals surface area contributed by atoms with E-state index in [2.05, 4.69) is 15.0 Å². The molecule has 2 aromatic rings. The summed E-state index contributed by atoms with van der Waals surface area (Å²) < 4.78 is 9.80. The molecule has 9 nitrogen and oxygen atoms in total. The maximum atomic E-state index is 11.2. The molecular weight excluding hydrogens is 292 g/mol. The van der Waals surface area contributed by atoms with Crippen LogP contribution in [0.3, 0.4) is 0 Å². The summed E-state index contributed by atoms with van der Waals surface area (Å²) in [5, 5.41) is 10.8. The number of nitrogens with zero attached hydrogens (tertiary/aromatic N) is 4. The molecule has 1 aromatic heterocycles. The molecule has 22 heavy (non-hydrogen) atoms. The highest BCUT2D eigenvalue weighted by Crippen LogP contribution is 2.21. The van der Waals surface area contributed by atoms with Crippen LogP contribution in [-0.2, 0) is 9.53 Å². The second-order valence-electron chi connectivity index (χ2n) is 3.99. The first-order valence-electron chi connectivity index (χ1n) is 6.32. The van der Waals surface area contributed by atoms with Gasteiger partial charge in [-0.1, -0.05) is 12.1 Å². The molecule has 2 rings (SSSR count). The van der Waals surface area contributed by atoms with Gasteiger partial charge in [0.05, 0.1) is 11.5 Å². The van der Waals surface area contributed by atoms with Crippen molar-refractivity contribution in [3.05, 3.63) is 40.7 Å². The number of hydrogen-bond donors (Lipinski definition) is 0. The number of ether oxygens (including phenoxy) is 2. The Hall–Kier alpha value is -3.10. The van der Waals surface area contributed by atoms with Crippen molar-refractivity contribution in [1.29, 1.82) is 0 Å². The summed E-state index contributed by atoms with van der Waals surface area (Å²) in [4.78, 5) is 33.2. The van der Waals surface area contributed by atoms with Crippen molar-refractivity contribution in [3.63, 3.8) is 0 Å². The minimum Gasteiger partial charge on any atom is -0.463 e. The van der Waals surface area contributed by atoms with E-state index in [1.54, 1.807) is 13.0 Å².